The summed E-state index contributed by atoms with van der Waals surface area (Å²) >= 11 is 0. The molecule has 1 aliphatic carbocycles. The highest BCUT2D eigenvalue weighted by Crippen LogP contribution is 2.35. The number of carbonyl (C=O) groups excluding carboxylic acids is 1. The van der Waals surface area contributed by atoms with E-state index in [1.807, 2.05) is 13.8 Å². The van der Waals surface area contributed by atoms with Crippen molar-refractivity contribution in [3.05, 3.63) is 0 Å². The molecule has 0 saturated heterocycles. The summed E-state index contributed by atoms with van der Waals surface area (Å²) in [5.74, 6) is -0.135. The molecular formula is C13H25NO2. The molecular weight excluding hydrogens is 202 g/mol. The first-order valence-corrected chi connectivity index (χ1v) is 6.40. The third kappa shape index (κ3) is 3.48. The molecule has 1 aliphatic rings. The molecule has 1 fully saturated rings. The summed E-state index contributed by atoms with van der Waals surface area (Å²) in [5.41, 5.74) is 0.291. The van der Waals surface area contributed by atoms with Crippen molar-refractivity contribution in [3.63, 3.8) is 0 Å². The van der Waals surface area contributed by atoms with Gasteiger partial charge >= 0.3 is 5.97 Å². The van der Waals surface area contributed by atoms with Gasteiger partial charge in [0.15, 0.2) is 0 Å². The van der Waals surface area contributed by atoms with Gasteiger partial charge in [-0.1, -0.05) is 26.7 Å². The summed E-state index contributed by atoms with van der Waals surface area (Å²) in [6, 6.07) is 0.239. The van der Waals surface area contributed by atoms with Crippen molar-refractivity contribution in [2.45, 2.75) is 65.5 Å². The molecule has 94 valence electrons. The molecule has 1 saturated carbocycles. The van der Waals surface area contributed by atoms with Crippen LogP contribution in [-0.4, -0.2) is 24.7 Å². The Balaban J connectivity index is 2.48. The fourth-order valence-corrected chi connectivity index (χ4v) is 2.44. The van der Waals surface area contributed by atoms with Gasteiger partial charge in [-0.2, -0.15) is 0 Å². The van der Waals surface area contributed by atoms with Crippen LogP contribution < -0.4 is 5.32 Å². The van der Waals surface area contributed by atoms with Crippen molar-refractivity contribution < 1.29 is 9.53 Å². The second-order valence-electron chi connectivity index (χ2n) is 5.43. The second kappa shape index (κ2) is 5.67. The number of rotatable bonds is 4. The van der Waals surface area contributed by atoms with E-state index in [9.17, 15) is 4.79 Å². The molecule has 2 atom stereocenters. The van der Waals surface area contributed by atoms with E-state index in [-0.39, 0.29) is 12.0 Å². The maximum Gasteiger partial charge on any atom is 0.322 e. The molecule has 0 heterocycles. The van der Waals surface area contributed by atoms with Gasteiger partial charge in [0, 0.05) is 6.04 Å². The monoisotopic (exact) mass is 227 g/mol. The Morgan fingerprint density at radius 1 is 1.50 bits per heavy atom. The Morgan fingerprint density at radius 2 is 2.19 bits per heavy atom. The Morgan fingerprint density at radius 3 is 2.75 bits per heavy atom. The van der Waals surface area contributed by atoms with Crippen LogP contribution in [-0.2, 0) is 9.53 Å². The number of hydrogen-bond donors (Lipinski definition) is 1. The highest BCUT2D eigenvalue weighted by molar-refractivity contribution is 5.75. The molecule has 0 bridgehead atoms. The predicted octanol–water partition coefficient (Wildman–Crippen LogP) is 2.50. The van der Waals surface area contributed by atoms with Crippen molar-refractivity contribution >= 4 is 5.97 Å². The summed E-state index contributed by atoms with van der Waals surface area (Å²) in [7, 11) is 0. The molecule has 1 N–H and O–H groups in total. The lowest BCUT2D eigenvalue weighted by Crippen LogP contribution is -2.50. The van der Waals surface area contributed by atoms with Crippen molar-refractivity contribution in [1.82, 2.24) is 5.32 Å². The number of nitrogens with one attached hydrogen (secondary N) is 1. The topological polar surface area (TPSA) is 38.3 Å². The van der Waals surface area contributed by atoms with Gasteiger partial charge in [-0.3, -0.25) is 4.79 Å². The minimum atomic E-state index is -0.192. The molecule has 3 nitrogen and oxygen atoms in total. The SMILES string of the molecule is CCOC(=O)C(C)NC1CCCCC1(C)C. The van der Waals surface area contributed by atoms with Crippen LogP contribution in [0.3, 0.4) is 0 Å². The Hall–Kier alpha value is -0.570. The average molecular weight is 227 g/mol. The first-order chi connectivity index (χ1) is 7.47. The quantitative estimate of drug-likeness (QED) is 0.750. The first kappa shape index (κ1) is 13.5. The molecule has 0 radical (unpaired) electrons. The van der Waals surface area contributed by atoms with E-state index in [2.05, 4.69) is 19.2 Å². The number of esters is 1. The molecule has 0 aromatic carbocycles. The number of ether oxygens (including phenoxy) is 1. The molecule has 2 unspecified atom stereocenters. The largest absolute Gasteiger partial charge is 0.465 e. The Kier molecular flexibility index (Phi) is 4.78. The van der Waals surface area contributed by atoms with Crippen LogP contribution in [0.15, 0.2) is 0 Å². The standard InChI is InChI=1S/C13H25NO2/c1-5-16-12(15)10(2)14-11-8-6-7-9-13(11,3)4/h10-11,14H,5-9H2,1-4H3. The number of carbonyl (C=O) groups is 1. The third-order valence-corrected chi connectivity index (χ3v) is 3.60. The summed E-state index contributed by atoms with van der Waals surface area (Å²) in [6.45, 7) is 8.75. The highest BCUT2D eigenvalue weighted by atomic mass is 16.5. The zero-order chi connectivity index (χ0) is 12.2. The van der Waals surface area contributed by atoms with Crippen molar-refractivity contribution in [2.24, 2.45) is 5.41 Å². The van der Waals surface area contributed by atoms with Crippen LogP contribution in [0.2, 0.25) is 0 Å². The van der Waals surface area contributed by atoms with Gasteiger partial charge in [-0.05, 0) is 32.1 Å². The minimum Gasteiger partial charge on any atom is -0.465 e. The van der Waals surface area contributed by atoms with Crippen molar-refractivity contribution in [2.75, 3.05) is 6.61 Å². The summed E-state index contributed by atoms with van der Waals surface area (Å²) in [4.78, 5) is 11.5. The van der Waals surface area contributed by atoms with Gasteiger partial charge in [-0.25, -0.2) is 0 Å². The normalized spacial score (nSPS) is 26.1. The summed E-state index contributed by atoms with van der Waals surface area (Å²) in [5, 5.41) is 3.42. The van der Waals surface area contributed by atoms with Crippen molar-refractivity contribution in [1.29, 1.82) is 0 Å². The first-order valence-electron chi connectivity index (χ1n) is 6.40. The fourth-order valence-electron chi connectivity index (χ4n) is 2.44. The van der Waals surface area contributed by atoms with Crippen LogP contribution in [0.4, 0.5) is 0 Å². The van der Waals surface area contributed by atoms with Gasteiger partial charge in [-0.15, -0.1) is 0 Å². The van der Waals surface area contributed by atoms with Gasteiger partial charge < -0.3 is 10.1 Å². The zero-order valence-electron chi connectivity index (χ0n) is 11.0. The zero-order valence-corrected chi connectivity index (χ0v) is 11.0. The van der Waals surface area contributed by atoms with Crippen LogP contribution in [0.1, 0.15) is 53.4 Å². The molecule has 0 aliphatic heterocycles. The van der Waals surface area contributed by atoms with Gasteiger partial charge in [0.25, 0.3) is 0 Å². The van der Waals surface area contributed by atoms with Crippen LogP contribution >= 0.6 is 0 Å². The summed E-state index contributed by atoms with van der Waals surface area (Å²) in [6.07, 6.45) is 4.96. The van der Waals surface area contributed by atoms with E-state index in [0.717, 1.165) is 6.42 Å². The average Bonchev–Trinajstić information content (AvgIpc) is 2.21. The fraction of sp³-hybridized carbons (Fsp3) is 0.923. The number of hydrogen-bond acceptors (Lipinski definition) is 3. The molecule has 1 rings (SSSR count). The molecule has 0 aromatic heterocycles. The van der Waals surface area contributed by atoms with Crippen molar-refractivity contribution in [3.8, 4) is 0 Å². The van der Waals surface area contributed by atoms with Crippen LogP contribution in [0.5, 0.6) is 0 Å². The molecule has 3 heteroatoms. The second-order valence-corrected chi connectivity index (χ2v) is 5.43. The van der Waals surface area contributed by atoms with Crippen LogP contribution in [0.25, 0.3) is 0 Å². The lowest BCUT2D eigenvalue weighted by molar-refractivity contribution is -0.145. The van der Waals surface area contributed by atoms with E-state index >= 15 is 0 Å². The van der Waals surface area contributed by atoms with E-state index in [0.29, 0.717) is 18.1 Å². The summed E-state index contributed by atoms with van der Waals surface area (Å²) < 4.78 is 5.01. The van der Waals surface area contributed by atoms with E-state index in [1.165, 1.54) is 19.3 Å². The van der Waals surface area contributed by atoms with E-state index in [1.54, 1.807) is 0 Å². The molecule has 0 amide bonds. The third-order valence-electron chi connectivity index (χ3n) is 3.60. The molecule has 0 spiro atoms. The predicted molar refractivity (Wildman–Crippen MR) is 65.3 cm³/mol. The lowest BCUT2D eigenvalue weighted by Gasteiger charge is -2.40. The van der Waals surface area contributed by atoms with Gasteiger partial charge in [0.1, 0.15) is 6.04 Å². The van der Waals surface area contributed by atoms with E-state index in [4.69, 9.17) is 4.74 Å². The maximum atomic E-state index is 11.5. The molecule has 16 heavy (non-hydrogen) atoms. The van der Waals surface area contributed by atoms with E-state index < -0.39 is 0 Å². The minimum absolute atomic E-state index is 0.135. The van der Waals surface area contributed by atoms with Crippen LogP contribution in [0, 0.1) is 5.41 Å². The highest BCUT2D eigenvalue weighted by Gasteiger charge is 2.33. The molecule has 0 aromatic rings. The Labute approximate surface area is 98.9 Å². The lowest BCUT2D eigenvalue weighted by atomic mass is 9.73. The Bertz CT molecular complexity index is 238. The maximum absolute atomic E-state index is 11.5. The smallest absolute Gasteiger partial charge is 0.322 e. The van der Waals surface area contributed by atoms with Gasteiger partial charge in [0.05, 0.1) is 6.61 Å². The van der Waals surface area contributed by atoms with Gasteiger partial charge in [0.2, 0.25) is 0 Å².